The molecule has 0 aliphatic rings. The van der Waals surface area contributed by atoms with Crippen LogP contribution in [-0.4, -0.2) is 49.5 Å². The zero-order valence-corrected chi connectivity index (χ0v) is 15.8. The van der Waals surface area contributed by atoms with Crippen LogP contribution in [0.4, 0.5) is 8.78 Å². The Hall–Kier alpha value is -2.18. The molecule has 0 radical (unpaired) electrons. The molecule has 7 heteroatoms. The van der Waals surface area contributed by atoms with Crippen molar-refractivity contribution in [1.29, 1.82) is 0 Å². The summed E-state index contributed by atoms with van der Waals surface area (Å²) in [7, 11) is 3.37. The predicted molar refractivity (Wildman–Crippen MR) is 96.7 cm³/mol. The predicted octanol–water partition coefficient (Wildman–Crippen LogP) is 2.49. The first kappa shape index (κ1) is 20.9. The van der Waals surface area contributed by atoms with E-state index in [0.29, 0.717) is 18.1 Å². The van der Waals surface area contributed by atoms with Crippen LogP contribution in [0.15, 0.2) is 23.2 Å². The van der Waals surface area contributed by atoms with Crippen LogP contribution >= 0.6 is 0 Å². The number of likely N-dealkylation sites (N-methyl/N-ethyl adjacent to an activating group) is 1. The van der Waals surface area contributed by atoms with E-state index in [1.165, 1.54) is 12.1 Å². The van der Waals surface area contributed by atoms with Gasteiger partial charge < -0.3 is 15.5 Å². The van der Waals surface area contributed by atoms with Gasteiger partial charge in [0.05, 0.1) is 6.54 Å². The van der Waals surface area contributed by atoms with Gasteiger partial charge in [0.2, 0.25) is 5.91 Å². The Morgan fingerprint density at radius 3 is 2.48 bits per heavy atom. The molecule has 0 fully saturated rings. The van der Waals surface area contributed by atoms with Gasteiger partial charge in [-0.25, -0.2) is 8.78 Å². The Morgan fingerprint density at radius 2 is 1.96 bits per heavy atom. The summed E-state index contributed by atoms with van der Waals surface area (Å²) in [5, 5.41) is 6.00. The average Bonchev–Trinajstić information content (AvgIpc) is 2.45. The molecule has 0 aromatic heterocycles. The molecule has 1 rings (SSSR count). The van der Waals surface area contributed by atoms with Gasteiger partial charge in [0.1, 0.15) is 11.6 Å². The van der Waals surface area contributed by atoms with E-state index in [0.717, 1.165) is 6.07 Å². The number of amides is 1. The Morgan fingerprint density at radius 1 is 1.32 bits per heavy atom. The molecular weight excluding hydrogens is 326 g/mol. The molecule has 0 spiro atoms. The number of rotatable bonds is 5. The third kappa shape index (κ3) is 7.07. The minimum atomic E-state index is -0.596. The number of aliphatic imine (C=N–C) groups is 1. The highest BCUT2D eigenvalue weighted by molar-refractivity contribution is 5.86. The molecule has 25 heavy (non-hydrogen) atoms. The van der Waals surface area contributed by atoms with E-state index in [9.17, 15) is 13.6 Å². The molecule has 0 saturated heterocycles. The zero-order chi connectivity index (χ0) is 19.2. The molecule has 1 amide bonds. The van der Waals surface area contributed by atoms with Crippen molar-refractivity contribution in [1.82, 2.24) is 15.5 Å². The van der Waals surface area contributed by atoms with Crippen LogP contribution in [-0.2, 0) is 4.79 Å². The Kier molecular flexibility index (Phi) is 7.33. The van der Waals surface area contributed by atoms with E-state index in [1.807, 2.05) is 27.7 Å². The second kappa shape index (κ2) is 8.78. The monoisotopic (exact) mass is 354 g/mol. The molecule has 140 valence electrons. The molecule has 0 heterocycles. The van der Waals surface area contributed by atoms with Crippen molar-refractivity contribution in [2.45, 2.75) is 39.2 Å². The van der Waals surface area contributed by atoms with Gasteiger partial charge in [-0.2, -0.15) is 0 Å². The molecule has 0 aliphatic carbocycles. The summed E-state index contributed by atoms with van der Waals surface area (Å²) in [5.41, 5.74) is 0.126. The Bertz CT molecular complexity index is 626. The van der Waals surface area contributed by atoms with Crippen molar-refractivity contribution in [2.24, 2.45) is 4.99 Å². The van der Waals surface area contributed by atoms with Gasteiger partial charge in [-0.15, -0.1) is 0 Å². The number of halogens is 2. The Labute approximate surface area is 148 Å². The third-order valence-electron chi connectivity index (χ3n) is 3.53. The van der Waals surface area contributed by atoms with E-state index in [2.05, 4.69) is 15.6 Å². The van der Waals surface area contributed by atoms with Gasteiger partial charge >= 0.3 is 0 Å². The van der Waals surface area contributed by atoms with E-state index in [1.54, 1.807) is 19.0 Å². The average molecular weight is 354 g/mol. The standard InChI is InChI=1S/C18H28F2N4O/c1-12(14-8-7-13(19)9-15(14)20)10-22-17(21-5)24(6)11-16(25)23-18(2,3)4/h7-9,12H,10-11H2,1-6H3,(H,21,22)(H,23,25). The van der Waals surface area contributed by atoms with Crippen molar-refractivity contribution in [3.05, 3.63) is 35.4 Å². The summed E-state index contributed by atoms with van der Waals surface area (Å²) in [6.07, 6.45) is 0. The number of nitrogens with one attached hydrogen (secondary N) is 2. The summed E-state index contributed by atoms with van der Waals surface area (Å²) in [6.45, 7) is 8.13. The lowest BCUT2D eigenvalue weighted by molar-refractivity contribution is -0.122. The lowest BCUT2D eigenvalue weighted by Gasteiger charge is -2.26. The van der Waals surface area contributed by atoms with Crippen molar-refractivity contribution in [3.8, 4) is 0 Å². The first-order valence-corrected chi connectivity index (χ1v) is 8.21. The normalized spacial score (nSPS) is 13.4. The van der Waals surface area contributed by atoms with Crippen molar-refractivity contribution >= 4 is 11.9 Å². The summed E-state index contributed by atoms with van der Waals surface area (Å²) in [5.74, 6) is -0.938. The minimum absolute atomic E-state index is 0.115. The summed E-state index contributed by atoms with van der Waals surface area (Å²) in [6, 6.07) is 3.57. The number of guanidine groups is 1. The number of carbonyl (C=O) groups excluding carboxylic acids is 1. The maximum Gasteiger partial charge on any atom is 0.240 e. The lowest BCUT2D eigenvalue weighted by Crippen LogP contribution is -2.49. The van der Waals surface area contributed by atoms with Crippen LogP contribution in [0.3, 0.4) is 0 Å². The van der Waals surface area contributed by atoms with Gasteiger partial charge in [-0.05, 0) is 32.4 Å². The van der Waals surface area contributed by atoms with E-state index in [4.69, 9.17) is 0 Å². The smallest absolute Gasteiger partial charge is 0.240 e. The Balaban J connectivity index is 2.62. The quantitative estimate of drug-likeness (QED) is 0.631. The van der Waals surface area contributed by atoms with Crippen LogP contribution in [0.1, 0.15) is 39.2 Å². The molecule has 1 atom stereocenters. The number of nitrogens with zero attached hydrogens (tertiary/aromatic N) is 2. The molecule has 0 saturated carbocycles. The molecule has 5 nitrogen and oxygen atoms in total. The van der Waals surface area contributed by atoms with E-state index in [-0.39, 0.29) is 23.9 Å². The highest BCUT2D eigenvalue weighted by Gasteiger charge is 2.18. The van der Waals surface area contributed by atoms with Gasteiger partial charge in [-0.3, -0.25) is 9.79 Å². The number of hydrogen-bond donors (Lipinski definition) is 2. The molecule has 1 aromatic rings. The van der Waals surface area contributed by atoms with Crippen molar-refractivity contribution < 1.29 is 13.6 Å². The lowest BCUT2D eigenvalue weighted by atomic mass is 10.0. The molecule has 1 aromatic carbocycles. The first-order valence-electron chi connectivity index (χ1n) is 8.21. The van der Waals surface area contributed by atoms with Crippen LogP contribution in [0.2, 0.25) is 0 Å². The maximum atomic E-state index is 13.8. The first-order chi connectivity index (χ1) is 11.5. The van der Waals surface area contributed by atoms with E-state index >= 15 is 0 Å². The van der Waals surface area contributed by atoms with Crippen molar-refractivity contribution in [3.63, 3.8) is 0 Å². The fourth-order valence-corrected chi connectivity index (χ4v) is 2.39. The summed E-state index contributed by atoms with van der Waals surface area (Å²) in [4.78, 5) is 17.8. The highest BCUT2D eigenvalue weighted by atomic mass is 19.1. The zero-order valence-electron chi connectivity index (χ0n) is 15.8. The van der Waals surface area contributed by atoms with Gasteiger partial charge in [-0.1, -0.05) is 13.0 Å². The number of hydrogen-bond acceptors (Lipinski definition) is 2. The molecule has 0 aliphatic heterocycles. The van der Waals surface area contributed by atoms with Crippen LogP contribution in [0.5, 0.6) is 0 Å². The molecular formula is C18H28F2N4O. The molecule has 0 bridgehead atoms. The topological polar surface area (TPSA) is 56.7 Å². The number of carbonyl (C=O) groups is 1. The second-order valence-corrected chi connectivity index (χ2v) is 7.15. The maximum absolute atomic E-state index is 13.8. The number of benzene rings is 1. The molecule has 1 unspecified atom stereocenters. The molecule has 2 N–H and O–H groups in total. The summed E-state index contributed by atoms with van der Waals surface area (Å²) < 4.78 is 26.8. The largest absolute Gasteiger partial charge is 0.356 e. The fraction of sp³-hybridized carbons (Fsp3) is 0.556. The third-order valence-corrected chi connectivity index (χ3v) is 3.53. The second-order valence-electron chi connectivity index (χ2n) is 7.15. The van der Waals surface area contributed by atoms with Gasteiger partial charge in [0.15, 0.2) is 5.96 Å². The van der Waals surface area contributed by atoms with Gasteiger partial charge in [0, 0.05) is 38.2 Å². The van der Waals surface area contributed by atoms with Gasteiger partial charge in [0.25, 0.3) is 0 Å². The minimum Gasteiger partial charge on any atom is -0.356 e. The summed E-state index contributed by atoms with van der Waals surface area (Å²) >= 11 is 0. The fourth-order valence-electron chi connectivity index (χ4n) is 2.39. The highest BCUT2D eigenvalue weighted by Crippen LogP contribution is 2.19. The van der Waals surface area contributed by atoms with E-state index < -0.39 is 11.6 Å². The van der Waals surface area contributed by atoms with Crippen LogP contribution < -0.4 is 10.6 Å². The van der Waals surface area contributed by atoms with Crippen molar-refractivity contribution in [2.75, 3.05) is 27.2 Å². The van der Waals surface area contributed by atoms with Crippen LogP contribution in [0, 0.1) is 11.6 Å². The van der Waals surface area contributed by atoms with Crippen LogP contribution in [0.25, 0.3) is 0 Å². The SMILES string of the molecule is CN=C(NCC(C)c1ccc(F)cc1F)N(C)CC(=O)NC(C)(C)C.